The molecule has 1 saturated heterocycles. The van der Waals surface area contributed by atoms with E-state index in [1.165, 1.54) is 5.56 Å². The Bertz CT molecular complexity index is 429. The summed E-state index contributed by atoms with van der Waals surface area (Å²) in [6, 6.07) is 0. The SMILES string of the molecule is Cn1cc(C2(C=O)CC2)c(C2CCOCC2)n1. The van der Waals surface area contributed by atoms with Gasteiger partial charge in [-0.15, -0.1) is 0 Å². The predicted octanol–water partition coefficient (Wildman–Crippen LogP) is 1.54. The molecule has 17 heavy (non-hydrogen) atoms. The van der Waals surface area contributed by atoms with Crippen LogP contribution in [-0.2, 0) is 22.0 Å². The molecule has 0 radical (unpaired) electrons. The molecule has 0 N–H and O–H groups in total. The Morgan fingerprint density at radius 3 is 2.76 bits per heavy atom. The Hall–Kier alpha value is -1.16. The summed E-state index contributed by atoms with van der Waals surface area (Å²) < 4.78 is 7.24. The maximum Gasteiger partial charge on any atom is 0.130 e. The molecule has 0 spiro atoms. The van der Waals surface area contributed by atoms with Gasteiger partial charge in [-0.3, -0.25) is 4.68 Å². The lowest BCUT2D eigenvalue weighted by Crippen LogP contribution is -2.18. The smallest absolute Gasteiger partial charge is 0.130 e. The van der Waals surface area contributed by atoms with Crippen molar-refractivity contribution in [3.05, 3.63) is 17.5 Å². The quantitative estimate of drug-likeness (QED) is 0.745. The zero-order valence-corrected chi connectivity index (χ0v) is 10.2. The Morgan fingerprint density at radius 1 is 1.47 bits per heavy atom. The highest BCUT2D eigenvalue weighted by Crippen LogP contribution is 2.49. The van der Waals surface area contributed by atoms with E-state index in [0.717, 1.165) is 50.9 Å². The van der Waals surface area contributed by atoms with Crippen LogP contribution in [0.2, 0.25) is 0 Å². The minimum atomic E-state index is -0.206. The van der Waals surface area contributed by atoms with Gasteiger partial charge in [0.25, 0.3) is 0 Å². The van der Waals surface area contributed by atoms with Gasteiger partial charge in [-0.05, 0) is 25.7 Å². The normalized spacial score (nSPS) is 23.6. The van der Waals surface area contributed by atoms with Crippen molar-refractivity contribution in [2.24, 2.45) is 7.05 Å². The second-order valence-electron chi connectivity index (χ2n) is 5.26. The summed E-state index contributed by atoms with van der Waals surface area (Å²) in [5, 5.41) is 4.59. The topological polar surface area (TPSA) is 44.1 Å². The van der Waals surface area contributed by atoms with Gasteiger partial charge in [-0.2, -0.15) is 5.10 Å². The second-order valence-corrected chi connectivity index (χ2v) is 5.26. The molecule has 0 aromatic carbocycles. The van der Waals surface area contributed by atoms with Crippen LogP contribution in [0.4, 0.5) is 0 Å². The van der Waals surface area contributed by atoms with Crippen LogP contribution in [0, 0.1) is 0 Å². The highest BCUT2D eigenvalue weighted by Gasteiger charge is 2.47. The summed E-state index contributed by atoms with van der Waals surface area (Å²) in [6.45, 7) is 1.63. The summed E-state index contributed by atoms with van der Waals surface area (Å²) in [5.74, 6) is 0.470. The molecule has 3 rings (SSSR count). The maximum atomic E-state index is 11.3. The van der Waals surface area contributed by atoms with E-state index in [1.54, 1.807) is 0 Å². The first-order valence-electron chi connectivity index (χ1n) is 6.33. The van der Waals surface area contributed by atoms with E-state index in [-0.39, 0.29) is 5.41 Å². The van der Waals surface area contributed by atoms with Crippen molar-refractivity contribution in [1.29, 1.82) is 0 Å². The molecule has 1 aromatic rings. The molecule has 0 amide bonds. The highest BCUT2D eigenvalue weighted by atomic mass is 16.5. The third-order valence-electron chi connectivity index (χ3n) is 4.02. The van der Waals surface area contributed by atoms with Gasteiger partial charge in [-0.25, -0.2) is 0 Å². The molecular weight excluding hydrogens is 216 g/mol. The Kier molecular flexibility index (Phi) is 2.54. The number of aryl methyl sites for hydroxylation is 1. The zero-order chi connectivity index (χ0) is 11.9. The molecule has 2 fully saturated rings. The highest BCUT2D eigenvalue weighted by molar-refractivity contribution is 5.73. The second kappa shape index (κ2) is 3.95. The molecule has 1 saturated carbocycles. The summed E-state index contributed by atoms with van der Waals surface area (Å²) in [5.41, 5.74) is 2.10. The van der Waals surface area contributed by atoms with Crippen LogP contribution in [0.5, 0.6) is 0 Å². The number of carbonyl (C=O) groups is 1. The number of carbonyl (C=O) groups excluding carboxylic acids is 1. The molecular formula is C13H18N2O2. The van der Waals surface area contributed by atoms with Crippen LogP contribution in [0.1, 0.15) is 42.9 Å². The third kappa shape index (κ3) is 1.80. The van der Waals surface area contributed by atoms with Crippen molar-refractivity contribution in [2.45, 2.75) is 37.0 Å². The van der Waals surface area contributed by atoms with Crippen molar-refractivity contribution in [3.8, 4) is 0 Å². The number of rotatable bonds is 3. The van der Waals surface area contributed by atoms with E-state index in [0.29, 0.717) is 5.92 Å². The monoisotopic (exact) mass is 234 g/mol. The van der Waals surface area contributed by atoms with Gasteiger partial charge in [0, 0.05) is 37.9 Å². The van der Waals surface area contributed by atoms with E-state index in [4.69, 9.17) is 4.74 Å². The minimum absolute atomic E-state index is 0.206. The first-order chi connectivity index (χ1) is 8.25. The number of ether oxygens (including phenoxy) is 1. The fourth-order valence-corrected chi connectivity index (χ4v) is 2.75. The molecule has 4 nitrogen and oxygen atoms in total. The number of aromatic nitrogens is 2. The zero-order valence-electron chi connectivity index (χ0n) is 10.2. The fraction of sp³-hybridized carbons (Fsp3) is 0.692. The average Bonchev–Trinajstić information content (AvgIpc) is 3.07. The van der Waals surface area contributed by atoms with Gasteiger partial charge in [0.15, 0.2) is 0 Å². The van der Waals surface area contributed by atoms with Gasteiger partial charge < -0.3 is 9.53 Å². The molecule has 0 unspecified atom stereocenters. The summed E-state index contributed by atoms with van der Waals surface area (Å²) in [7, 11) is 1.94. The molecule has 4 heteroatoms. The van der Waals surface area contributed by atoms with Crippen LogP contribution in [0.15, 0.2) is 6.20 Å². The van der Waals surface area contributed by atoms with E-state index in [2.05, 4.69) is 5.10 Å². The van der Waals surface area contributed by atoms with Crippen LogP contribution in [0.25, 0.3) is 0 Å². The molecule has 2 aliphatic rings. The van der Waals surface area contributed by atoms with E-state index in [1.807, 2.05) is 17.9 Å². The molecule has 1 aliphatic heterocycles. The molecule has 1 aliphatic carbocycles. The van der Waals surface area contributed by atoms with Crippen molar-refractivity contribution in [3.63, 3.8) is 0 Å². The lowest BCUT2D eigenvalue weighted by Gasteiger charge is -2.22. The van der Waals surface area contributed by atoms with Crippen LogP contribution in [0.3, 0.4) is 0 Å². The van der Waals surface area contributed by atoms with Gasteiger partial charge in [-0.1, -0.05) is 0 Å². The Labute approximate surface area is 101 Å². The van der Waals surface area contributed by atoms with Crippen molar-refractivity contribution in [2.75, 3.05) is 13.2 Å². The largest absolute Gasteiger partial charge is 0.381 e. The lowest BCUT2D eigenvalue weighted by atomic mass is 9.88. The van der Waals surface area contributed by atoms with E-state index < -0.39 is 0 Å². The predicted molar refractivity (Wildman–Crippen MR) is 63.0 cm³/mol. The molecule has 0 atom stereocenters. The van der Waals surface area contributed by atoms with Crippen molar-refractivity contribution >= 4 is 6.29 Å². The molecule has 0 bridgehead atoms. The molecule has 1 aromatic heterocycles. The van der Waals surface area contributed by atoms with Crippen LogP contribution in [-0.4, -0.2) is 29.3 Å². The lowest BCUT2D eigenvalue weighted by molar-refractivity contribution is -0.109. The van der Waals surface area contributed by atoms with Crippen LogP contribution < -0.4 is 0 Å². The Morgan fingerprint density at radius 2 is 2.18 bits per heavy atom. The number of aldehydes is 1. The number of hydrogen-bond donors (Lipinski definition) is 0. The molecule has 92 valence electrons. The number of hydrogen-bond acceptors (Lipinski definition) is 3. The standard InChI is InChI=1S/C13H18N2O2/c1-15-8-11(13(9-16)4-5-13)12(14-15)10-2-6-17-7-3-10/h8-10H,2-7H2,1H3. The summed E-state index contributed by atoms with van der Waals surface area (Å²) in [4.78, 5) is 11.3. The van der Waals surface area contributed by atoms with Crippen molar-refractivity contribution in [1.82, 2.24) is 9.78 Å². The number of nitrogens with zero attached hydrogens (tertiary/aromatic N) is 2. The average molecular weight is 234 g/mol. The first-order valence-corrected chi connectivity index (χ1v) is 6.33. The van der Waals surface area contributed by atoms with Gasteiger partial charge in [0.05, 0.1) is 11.1 Å². The van der Waals surface area contributed by atoms with E-state index in [9.17, 15) is 4.79 Å². The summed E-state index contributed by atoms with van der Waals surface area (Å²) in [6.07, 6.45) is 7.17. The fourth-order valence-electron chi connectivity index (χ4n) is 2.75. The minimum Gasteiger partial charge on any atom is -0.381 e. The van der Waals surface area contributed by atoms with E-state index >= 15 is 0 Å². The first kappa shape index (κ1) is 11.0. The van der Waals surface area contributed by atoms with Crippen molar-refractivity contribution < 1.29 is 9.53 Å². The molecule has 2 heterocycles. The van der Waals surface area contributed by atoms with Gasteiger partial charge >= 0.3 is 0 Å². The maximum absolute atomic E-state index is 11.3. The van der Waals surface area contributed by atoms with Crippen LogP contribution >= 0.6 is 0 Å². The van der Waals surface area contributed by atoms with Gasteiger partial charge in [0.1, 0.15) is 6.29 Å². The third-order valence-corrected chi connectivity index (χ3v) is 4.02. The summed E-state index contributed by atoms with van der Waals surface area (Å²) >= 11 is 0. The van der Waals surface area contributed by atoms with Gasteiger partial charge in [0.2, 0.25) is 0 Å². The Balaban J connectivity index is 1.95.